The normalized spacial score (nSPS) is 26.7. The summed E-state index contributed by atoms with van der Waals surface area (Å²) in [5.74, 6) is 0.0575. The number of carbonyl (C=O) groups excluding carboxylic acids is 2. The van der Waals surface area contributed by atoms with Crippen molar-refractivity contribution in [3.05, 3.63) is 0 Å². The summed E-state index contributed by atoms with van der Waals surface area (Å²) in [6.07, 6.45) is 0.980. The van der Waals surface area contributed by atoms with Crippen molar-refractivity contribution < 1.29 is 14.3 Å². The Morgan fingerprint density at radius 1 is 1.78 bits per heavy atom. The maximum Gasteiger partial charge on any atom is 0.164 e. The summed E-state index contributed by atoms with van der Waals surface area (Å²) < 4.78 is 4.92. The van der Waals surface area contributed by atoms with Crippen LogP contribution in [0.3, 0.4) is 0 Å². The van der Waals surface area contributed by atoms with Crippen molar-refractivity contribution in [2.75, 3.05) is 6.61 Å². The number of carbonyl (C=O) groups is 2. The zero-order valence-electron chi connectivity index (χ0n) is 5.00. The van der Waals surface area contributed by atoms with Crippen molar-refractivity contribution in [2.24, 2.45) is 0 Å². The fourth-order valence-electron chi connectivity index (χ4n) is 0.843. The third-order valence-corrected chi connectivity index (χ3v) is 1.34. The summed E-state index contributed by atoms with van der Waals surface area (Å²) >= 11 is 0. The highest BCUT2D eigenvalue weighted by molar-refractivity contribution is 5.86. The largest absolute Gasteiger partial charge is 0.370 e. The lowest BCUT2D eigenvalue weighted by Crippen LogP contribution is -2.15. The summed E-state index contributed by atoms with van der Waals surface area (Å²) in [5, 5.41) is 0. The van der Waals surface area contributed by atoms with Gasteiger partial charge in [-0.2, -0.15) is 0 Å². The molecular weight excluding hydrogens is 120 g/mol. The molecule has 50 valence electrons. The summed E-state index contributed by atoms with van der Waals surface area (Å²) in [6.45, 7) is 0.483. The van der Waals surface area contributed by atoms with Crippen LogP contribution in [0.25, 0.3) is 0 Å². The molecule has 0 aromatic heterocycles. The second-order valence-corrected chi connectivity index (χ2v) is 1.98. The molecule has 1 atom stereocenters. The lowest BCUT2D eigenvalue weighted by Gasteiger charge is -1.99. The van der Waals surface area contributed by atoms with Gasteiger partial charge in [0.15, 0.2) is 5.78 Å². The number of hydrogen-bond acceptors (Lipinski definition) is 3. The van der Waals surface area contributed by atoms with Crippen molar-refractivity contribution in [2.45, 2.75) is 18.9 Å². The molecule has 1 fully saturated rings. The number of rotatable bonds is 2. The van der Waals surface area contributed by atoms with Crippen LogP contribution in [-0.4, -0.2) is 24.8 Å². The van der Waals surface area contributed by atoms with Gasteiger partial charge in [0, 0.05) is 12.8 Å². The summed E-state index contributed by atoms with van der Waals surface area (Å²) in [7, 11) is 0. The molecule has 0 N–H and O–H groups in total. The average molecular weight is 128 g/mol. The standard InChI is InChI=1S/C6H8O3/c7-3-1-6-5(8)2-4-9-6/h3,6H,1-2,4H2. The highest BCUT2D eigenvalue weighted by atomic mass is 16.5. The maximum atomic E-state index is 10.7. The predicted octanol–water partition coefficient (Wildman–Crippen LogP) is -0.0666. The van der Waals surface area contributed by atoms with Crippen molar-refractivity contribution in [3.8, 4) is 0 Å². The van der Waals surface area contributed by atoms with Crippen molar-refractivity contribution in [1.29, 1.82) is 0 Å². The topological polar surface area (TPSA) is 43.4 Å². The van der Waals surface area contributed by atoms with E-state index in [0.29, 0.717) is 19.3 Å². The fourth-order valence-corrected chi connectivity index (χ4v) is 0.843. The minimum Gasteiger partial charge on any atom is -0.370 e. The smallest absolute Gasteiger partial charge is 0.164 e. The Kier molecular flexibility index (Phi) is 1.95. The quantitative estimate of drug-likeness (QED) is 0.489. The van der Waals surface area contributed by atoms with E-state index in [4.69, 9.17) is 4.74 Å². The van der Waals surface area contributed by atoms with Gasteiger partial charge in [0.05, 0.1) is 6.61 Å². The zero-order valence-corrected chi connectivity index (χ0v) is 5.00. The van der Waals surface area contributed by atoms with Gasteiger partial charge in [0.2, 0.25) is 0 Å². The van der Waals surface area contributed by atoms with Gasteiger partial charge < -0.3 is 9.53 Å². The van der Waals surface area contributed by atoms with Crippen LogP contribution in [0.5, 0.6) is 0 Å². The molecule has 0 aromatic carbocycles. The van der Waals surface area contributed by atoms with Crippen molar-refractivity contribution in [1.82, 2.24) is 0 Å². The summed E-state index contributed by atoms with van der Waals surface area (Å²) in [4.78, 5) is 20.6. The molecule has 0 saturated carbocycles. The molecule has 1 aliphatic rings. The lowest BCUT2D eigenvalue weighted by atomic mass is 10.2. The van der Waals surface area contributed by atoms with Crippen LogP contribution in [0.15, 0.2) is 0 Å². The Balaban J connectivity index is 2.39. The number of Topliss-reactive ketones (excluding diaryl/α,β-unsaturated/α-hetero) is 1. The van der Waals surface area contributed by atoms with Crippen LogP contribution < -0.4 is 0 Å². The van der Waals surface area contributed by atoms with Gasteiger partial charge in [-0.3, -0.25) is 4.79 Å². The number of hydrogen-bond donors (Lipinski definition) is 0. The molecule has 1 saturated heterocycles. The molecule has 1 heterocycles. The molecular formula is C6H8O3. The second-order valence-electron chi connectivity index (χ2n) is 1.98. The molecule has 1 aliphatic heterocycles. The van der Waals surface area contributed by atoms with Crippen LogP contribution in [0, 0.1) is 0 Å². The van der Waals surface area contributed by atoms with Gasteiger partial charge in [0.25, 0.3) is 0 Å². The Hall–Kier alpha value is -0.700. The Bertz CT molecular complexity index is 130. The van der Waals surface area contributed by atoms with E-state index in [1.165, 1.54) is 0 Å². The first-order chi connectivity index (χ1) is 4.34. The molecule has 0 amide bonds. The molecule has 1 unspecified atom stereocenters. The maximum absolute atomic E-state index is 10.7. The highest BCUT2D eigenvalue weighted by Gasteiger charge is 2.23. The van der Waals surface area contributed by atoms with E-state index in [1.807, 2.05) is 0 Å². The zero-order chi connectivity index (χ0) is 6.69. The van der Waals surface area contributed by atoms with Crippen molar-refractivity contribution >= 4 is 12.1 Å². The van der Waals surface area contributed by atoms with E-state index in [2.05, 4.69) is 0 Å². The summed E-state index contributed by atoms with van der Waals surface area (Å²) in [6, 6.07) is 0. The minimum absolute atomic E-state index is 0.0575. The third kappa shape index (κ3) is 1.36. The number of aldehydes is 1. The molecule has 3 nitrogen and oxygen atoms in total. The molecule has 9 heavy (non-hydrogen) atoms. The van der Waals surface area contributed by atoms with E-state index in [9.17, 15) is 9.59 Å². The van der Waals surface area contributed by atoms with Crippen LogP contribution in [0.1, 0.15) is 12.8 Å². The summed E-state index contributed by atoms with van der Waals surface area (Å²) in [5.41, 5.74) is 0. The van der Waals surface area contributed by atoms with Gasteiger partial charge >= 0.3 is 0 Å². The minimum atomic E-state index is -0.428. The molecule has 0 radical (unpaired) electrons. The van der Waals surface area contributed by atoms with Gasteiger partial charge in [-0.15, -0.1) is 0 Å². The molecule has 3 heteroatoms. The fraction of sp³-hybridized carbons (Fsp3) is 0.667. The van der Waals surface area contributed by atoms with Crippen LogP contribution in [0.2, 0.25) is 0 Å². The lowest BCUT2D eigenvalue weighted by molar-refractivity contribution is -0.124. The number of ketones is 1. The Morgan fingerprint density at radius 2 is 2.56 bits per heavy atom. The van der Waals surface area contributed by atoms with Crippen LogP contribution in [-0.2, 0) is 14.3 Å². The average Bonchev–Trinajstić information content (AvgIpc) is 2.18. The van der Waals surface area contributed by atoms with E-state index in [0.717, 1.165) is 0 Å². The van der Waals surface area contributed by atoms with Gasteiger partial charge in [-0.25, -0.2) is 0 Å². The van der Waals surface area contributed by atoms with Crippen LogP contribution in [0.4, 0.5) is 0 Å². The van der Waals surface area contributed by atoms with E-state index >= 15 is 0 Å². The third-order valence-electron chi connectivity index (χ3n) is 1.34. The molecule has 1 rings (SSSR count). The Labute approximate surface area is 53.0 Å². The second kappa shape index (κ2) is 2.73. The van der Waals surface area contributed by atoms with Crippen LogP contribution >= 0.6 is 0 Å². The predicted molar refractivity (Wildman–Crippen MR) is 30.0 cm³/mol. The van der Waals surface area contributed by atoms with E-state index in [-0.39, 0.29) is 12.2 Å². The monoisotopic (exact) mass is 128 g/mol. The Morgan fingerprint density at radius 3 is 3.00 bits per heavy atom. The van der Waals surface area contributed by atoms with Gasteiger partial charge in [-0.05, 0) is 0 Å². The van der Waals surface area contributed by atoms with E-state index in [1.54, 1.807) is 0 Å². The SMILES string of the molecule is O=CCC1OCCC1=O. The van der Waals surface area contributed by atoms with Gasteiger partial charge in [-0.1, -0.05) is 0 Å². The van der Waals surface area contributed by atoms with Crippen molar-refractivity contribution in [3.63, 3.8) is 0 Å². The van der Waals surface area contributed by atoms with E-state index < -0.39 is 6.10 Å². The molecule has 0 bridgehead atoms. The molecule has 0 spiro atoms. The molecule has 0 aliphatic carbocycles. The number of ether oxygens (including phenoxy) is 1. The highest BCUT2D eigenvalue weighted by Crippen LogP contribution is 2.09. The first-order valence-corrected chi connectivity index (χ1v) is 2.92. The molecule has 0 aromatic rings. The first kappa shape index (κ1) is 6.42. The first-order valence-electron chi connectivity index (χ1n) is 2.92. The van der Waals surface area contributed by atoms with Gasteiger partial charge in [0.1, 0.15) is 12.4 Å².